The van der Waals surface area contributed by atoms with Crippen molar-refractivity contribution in [2.24, 2.45) is 0 Å². The Bertz CT molecular complexity index is 1430. The fourth-order valence-corrected chi connectivity index (χ4v) is 3.67. The monoisotopic (exact) mass is 355 g/mol. The first kappa shape index (κ1) is 15.3. The summed E-state index contributed by atoms with van der Waals surface area (Å²) in [6.45, 7) is 0. The van der Waals surface area contributed by atoms with E-state index in [9.17, 15) is 14.9 Å². The number of benzene rings is 3. The van der Waals surface area contributed by atoms with E-state index in [-0.39, 0.29) is 16.2 Å². The number of nitrogens with zero attached hydrogens (tertiary/aromatic N) is 1. The molecule has 0 aliphatic rings. The van der Waals surface area contributed by atoms with Crippen molar-refractivity contribution in [1.82, 2.24) is 9.97 Å². The molecule has 0 amide bonds. The molecule has 0 radical (unpaired) electrons. The SMILES string of the molecule is O=c1[nH]c2ccc(-c3ccccc3[N+](=O)[O-])cc2c2[nH]c3ccccc3c12. The number of aromatic amines is 2. The zero-order chi connectivity index (χ0) is 18.5. The van der Waals surface area contributed by atoms with Gasteiger partial charge in [-0.2, -0.15) is 0 Å². The number of nitro groups is 1. The van der Waals surface area contributed by atoms with Crippen LogP contribution in [0.5, 0.6) is 0 Å². The molecule has 6 heteroatoms. The van der Waals surface area contributed by atoms with Gasteiger partial charge < -0.3 is 9.97 Å². The fraction of sp³-hybridized carbons (Fsp3) is 0. The molecular formula is C21H13N3O3. The molecule has 130 valence electrons. The number of rotatable bonds is 2. The van der Waals surface area contributed by atoms with Gasteiger partial charge in [0.05, 0.1) is 26.9 Å². The van der Waals surface area contributed by atoms with Crippen molar-refractivity contribution in [3.63, 3.8) is 0 Å². The zero-order valence-corrected chi connectivity index (χ0v) is 14.0. The Morgan fingerprint density at radius 1 is 0.815 bits per heavy atom. The first-order valence-electron chi connectivity index (χ1n) is 8.44. The predicted octanol–water partition coefficient (Wildman–Crippen LogP) is 4.74. The number of H-pyrrole nitrogens is 2. The number of para-hydroxylation sites is 2. The molecule has 0 unspecified atom stereocenters. The highest BCUT2D eigenvalue weighted by atomic mass is 16.6. The molecule has 0 fully saturated rings. The molecule has 0 spiro atoms. The average Bonchev–Trinajstić information content (AvgIpc) is 3.08. The van der Waals surface area contributed by atoms with Gasteiger partial charge in [-0.1, -0.05) is 36.4 Å². The second-order valence-corrected chi connectivity index (χ2v) is 6.41. The second kappa shape index (κ2) is 5.54. The van der Waals surface area contributed by atoms with E-state index >= 15 is 0 Å². The molecule has 2 aromatic heterocycles. The van der Waals surface area contributed by atoms with Crippen molar-refractivity contribution in [3.8, 4) is 11.1 Å². The standard InChI is InChI=1S/C21H13N3O3/c25-21-19-14-6-1-3-7-16(14)22-20(19)15-11-12(9-10-17(15)23-21)13-5-2-4-8-18(13)24(26)27/h1-11,22H,(H,23,25). The summed E-state index contributed by atoms with van der Waals surface area (Å²) in [7, 11) is 0. The number of nitro benzene ring substituents is 1. The van der Waals surface area contributed by atoms with Crippen LogP contribution in [0.15, 0.2) is 71.5 Å². The Hall–Kier alpha value is -3.93. The summed E-state index contributed by atoms with van der Waals surface area (Å²) in [4.78, 5) is 29.8. The second-order valence-electron chi connectivity index (χ2n) is 6.41. The highest BCUT2D eigenvalue weighted by Gasteiger charge is 2.16. The lowest BCUT2D eigenvalue weighted by Crippen LogP contribution is -2.05. The Kier molecular flexibility index (Phi) is 3.14. The van der Waals surface area contributed by atoms with E-state index < -0.39 is 0 Å². The van der Waals surface area contributed by atoms with E-state index in [1.54, 1.807) is 30.3 Å². The summed E-state index contributed by atoms with van der Waals surface area (Å²) in [5.41, 5.74) is 3.45. The zero-order valence-electron chi connectivity index (χ0n) is 14.0. The van der Waals surface area contributed by atoms with Crippen LogP contribution in [-0.2, 0) is 0 Å². The van der Waals surface area contributed by atoms with E-state index in [4.69, 9.17) is 0 Å². The predicted molar refractivity (Wildman–Crippen MR) is 106 cm³/mol. The van der Waals surface area contributed by atoms with Crippen LogP contribution in [0.3, 0.4) is 0 Å². The molecule has 0 aliphatic carbocycles. The lowest BCUT2D eigenvalue weighted by Gasteiger charge is -2.06. The first-order valence-corrected chi connectivity index (χ1v) is 8.44. The van der Waals surface area contributed by atoms with Crippen LogP contribution in [0.25, 0.3) is 43.8 Å². The van der Waals surface area contributed by atoms with E-state index in [0.717, 1.165) is 27.4 Å². The quantitative estimate of drug-likeness (QED) is 0.354. The maximum Gasteiger partial charge on any atom is 0.277 e. The highest BCUT2D eigenvalue weighted by Crippen LogP contribution is 2.34. The Balaban J connectivity index is 1.89. The summed E-state index contributed by atoms with van der Waals surface area (Å²) in [6, 6.07) is 19.7. The van der Waals surface area contributed by atoms with Crippen LogP contribution in [0.2, 0.25) is 0 Å². The van der Waals surface area contributed by atoms with Gasteiger partial charge in [-0.3, -0.25) is 14.9 Å². The molecule has 2 heterocycles. The minimum absolute atomic E-state index is 0.0502. The van der Waals surface area contributed by atoms with Crippen molar-refractivity contribution < 1.29 is 4.92 Å². The van der Waals surface area contributed by atoms with E-state index in [1.807, 2.05) is 30.3 Å². The fourth-order valence-electron chi connectivity index (χ4n) is 3.67. The molecule has 0 saturated heterocycles. The molecule has 5 aromatic rings. The first-order chi connectivity index (χ1) is 13.1. The number of nitrogens with one attached hydrogen (secondary N) is 2. The van der Waals surface area contributed by atoms with Crippen LogP contribution in [0.4, 0.5) is 5.69 Å². The summed E-state index contributed by atoms with van der Waals surface area (Å²) in [5, 5.41) is 13.6. The largest absolute Gasteiger partial charge is 0.354 e. The van der Waals surface area contributed by atoms with Gasteiger partial charge in [0.15, 0.2) is 0 Å². The smallest absolute Gasteiger partial charge is 0.277 e. The number of aromatic nitrogens is 2. The van der Waals surface area contributed by atoms with Crippen molar-refractivity contribution in [1.29, 1.82) is 0 Å². The molecule has 6 nitrogen and oxygen atoms in total. The van der Waals surface area contributed by atoms with E-state index in [2.05, 4.69) is 9.97 Å². The molecule has 5 rings (SSSR count). The van der Waals surface area contributed by atoms with Crippen molar-refractivity contribution in [2.75, 3.05) is 0 Å². The van der Waals surface area contributed by atoms with Crippen molar-refractivity contribution >= 4 is 38.4 Å². The minimum Gasteiger partial charge on any atom is -0.354 e. The molecular weight excluding hydrogens is 342 g/mol. The maximum atomic E-state index is 12.6. The van der Waals surface area contributed by atoms with Crippen LogP contribution in [0, 0.1) is 10.1 Å². The topological polar surface area (TPSA) is 91.8 Å². The molecule has 0 aliphatic heterocycles. The lowest BCUT2D eigenvalue weighted by atomic mass is 10.0. The van der Waals surface area contributed by atoms with E-state index in [1.165, 1.54) is 6.07 Å². The summed E-state index contributed by atoms with van der Waals surface area (Å²) < 4.78 is 0. The van der Waals surface area contributed by atoms with Crippen LogP contribution >= 0.6 is 0 Å². The number of fused-ring (bicyclic) bond motifs is 5. The van der Waals surface area contributed by atoms with Gasteiger partial charge in [0.1, 0.15) is 0 Å². The van der Waals surface area contributed by atoms with E-state index in [0.29, 0.717) is 16.5 Å². The Labute approximate surface area is 152 Å². The number of hydrogen-bond acceptors (Lipinski definition) is 3. The number of pyridine rings is 1. The van der Waals surface area contributed by atoms with Gasteiger partial charge in [0.2, 0.25) is 0 Å². The summed E-state index contributed by atoms with van der Waals surface area (Å²) in [6.07, 6.45) is 0. The Morgan fingerprint density at radius 2 is 1.56 bits per heavy atom. The third kappa shape index (κ3) is 2.23. The Morgan fingerprint density at radius 3 is 2.41 bits per heavy atom. The minimum atomic E-state index is -0.384. The van der Waals surface area contributed by atoms with Gasteiger partial charge in [-0.05, 0) is 29.8 Å². The van der Waals surface area contributed by atoms with Gasteiger partial charge >= 0.3 is 0 Å². The molecule has 27 heavy (non-hydrogen) atoms. The van der Waals surface area contributed by atoms with Gasteiger partial charge in [-0.15, -0.1) is 0 Å². The third-order valence-electron chi connectivity index (χ3n) is 4.88. The van der Waals surface area contributed by atoms with Crippen molar-refractivity contribution in [2.45, 2.75) is 0 Å². The van der Waals surface area contributed by atoms with Crippen LogP contribution < -0.4 is 5.56 Å². The lowest BCUT2D eigenvalue weighted by molar-refractivity contribution is -0.384. The molecule has 0 bridgehead atoms. The van der Waals surface area contributed by atoms with Gasteiger partial charge in [0.25, 0.3) is 11.2 Å². The van der Waals surface area contributed by atoms with Crippen LogP contribution in [-0.4, -0.2) is 14.9 Å². The molecule has 0 saturated carbocycles. The molecule has 3 aromatic carbocycles. The number of hydrogen-bond donors (Lipinski definition) is 2. The molecule has 2 N–H and O–H groups in total. The van der Waals surface area contributed by atoms with Gasteiger partial charge in [0, 0.05) is 22.4 Å². The average molecular weight is 355 g/mol. The summed E-state index contributed by atoms with van der Waals surface area (Å²) >= 11 is 0. The maximum absolute atomic E-state index is 12.6. The van der Waals surface area contributed by atoms with Crippen LogP contribution in [0.1, 0.15) is 0 Å². The molecule has 0 atom stereocenters. The van der Waals surface area contributed by atoms with Crippen molar-refractivity contribution in [3.05, 3.63) is 87.2 Å². The van der Waals surface area contributed by atoms with Gasteiger partial charge in [-0.25, -0.2) is 0 Å². The third-order valence-corrected chi connectivity index (χ3v) is 4.88. The normalized spacial score (nSPS) is 11.4. The summed E-state index contributed by atoms with van der Waals surface area (Å²) in [5.74, 6) is 0. The highest BCUT2D eigenvalue weighted by molar-refractivity contribution is 6.16.